The molecule has 0 aromatic heterocycles. The van der Waals surface area contributed by atoms with Crippen LogP contribution in [0, 0.1) is 5.92 Å². The molecule has 0 saturated carbocycles. The van der Waals surface area contributed by atoms with Crippen molar-refractivity contribution < 1.29 is 14.3 Å². The highest BCUT2D eigenvalue weighted by atomic mass is 35.5. The van der Waals surface area contributed by atoms with Crippen LogP contribution < -0.4 is 20.5 Å². The molecule has 0 saturated heterocycles. The molecule has 1 atom stereocenters. The zero-order chi connectivity index (χ0) is 15.1. The molecule has 5 nitrogen and oxygen atoms in total. The minimum Gasteiger partial charge on any atom is -0.493 e. The van der Waals surface area contributed by atoms with Crippen molar-refractivity contribution in [2.75, 3.05) is 20.8 Å². The van der Waals surface area contributed by atoms with Crippen molar-refractivity contribution in [2.45, 2.75) is 26.3 Å². The first-order valence-corrected chi connectivity index (χ1v) is 6.73. The summed E-state index contributed by atoms with van der Waals surface area (Å²) in [5, 5.41) is 2.84. The molecule has 0 fully saturated rings. The number of halogens is 1. The Bertz CT molecular complexity index is 453. The maximum atomic E-state index is 11.7. The lowest BCUT2D eigenvalue weighted by Crippen LogP contribution is -2.44. The molecule has 3 N–H and O–H groups in total. The molecule has 1 aromatic carbocycles. The highest BCUT2D eigenvalue weighted by Crippen LogP contribution is 2.27. The van der Waals surface area contributed by atoms with Crippen molar-refractivity contribution in [2.24, 2.45) is 11.7 Å². The van der Waals surface area contributed by atoms with Crippen molar-refractivity contribution in [3.63, 3.8) is 0 Å². The lowest BCUT2D eigenvalue weighted by molar-refractivity contribution is -0.123. The smallest absolute Gasteiger partial charge is 0.237 e. The summed E-state index contributed by atoms with van der Waals surface area (Å²) in [5.74, 6) is 1.41. The van der Waals surface area contributed by atoms with E-state index in [1.165, 1.54) is 0 Å². The van der Waals surface area contributed by atoms with E-state index in [1.54, 1.807) is 14.2 Å². The lowest BCUT2D eigenvalue weighted by Gasteiger charge is -2.15. The first-order valence-electron chi connectivity index (χ1n) is 6.73. The number of carbonyl (C=O) groups is 1. The second-order valence-corrected chi connectivity index (χ2v) is 5.00. The maximum Gasteiger partial charge on any atom is 0.237 e. The number of methoxy groups -OCH3 is 2. The standard InChI is InChI=1S/C15H24N2O3.ClH/c1-10(2)14(16)15(18)17-8-7-11-5-6-12(19-3)13(9-11)20-4;/h5-6,9-10,14H,7-8,16H2,1-4H3,(H,17,18);1H/t14-;/m1./s1. The Kier molecular flexibility index (Phi) is 8.81. The van der Waals surface area contributed by atoms with Gasteiger partial charge in [-0.2, -0.15) is 0 Å². The highest BCUT2D eigenvalue weighted by molar-refractivity contribution is 5.85. The summed E-state index contributed by atoms with van der Waals surface area (Å²) >= 11 is 0. The molecule has 120 valence electrons. The fraction of sp³-hybridized carbons (Fsp3) is 0.533. The van der Waals surface area contributed by atoms with Crippen LogP contribution in [0.1, 0.15) is 19.4 Å². The molecule has 0 heterocycles. The number of nitrogens with one attached hydrogen (secondary N) is 1. The number of benzene rings is 1. The Balaban J connectivity index is 0.00000400. The first-order chi connectivity index (χ1) is 9.49. The Labute approximate surface area is 132 Å². The fourth-order valence-corrected chi connectivity index (χ4v) is 1.79. The number of ether oxygens (including phenoxy) is 2. The molecule has 0 aliphatic carbocycles. The van der Waals surface area contributed by atoms with E-state index in [2.05, 4.69) is 5.32 Å². The minimum absolute atomic E-state index is 0. The van der Waals surface area contributed by atoms with Gasteiger partial charge in [0.25, 0.3) is 0 Å². The summed E-state index contributed by atoms with van der Waals surface area (Å²) in [7, 11) is 3.20. The van der Waals surface area contributed by atoms with Gasteiger partial charge in [-0.15, -0.1) is 12.4 Å². The first kappa shape index (κ1) is 19.5. The molecule has 0 aliphatic rings. The Morgan fingerprint density at radius 1 is 1.24 bits per heavy atom. The van der Waals surface area contributed by atoms with Crippen molar-refractivity contribution >= 4 is 18.3 Å². The molecule has 1 amide bonds. The normalized spacial score (nSPS) is 11.5. The third-order valence-corrected chi connectivity index (χ3v) is 3.18. The van der Waals surface area contributed by atoms with Crippen LogP contribution in [0.5, 0.6) is 11.5 Å². The van der Waals surface area contributed by atoms with E-state index in [0.717, 1.165) is 12.0 Å². The van der Waals surface area contributed by atoms with Gasteiger partial charge in [0.2, 0.25) is 5.91 Å². The van der Waals surface area contributed by atoms with Crippen LogP contribution in [0.3, 0.4) is 0 Å². The molecule has 0 spiro atoms. The Hall–Kier alpha value is -1.46. The van der Waals surface area contributed by atoms with Crippen LogP contribution in [-0.2, 0) is 11.2 Å². The van der Waals surface area contributed by atoms with Crippen LogP contribution in [0.15, 0.2) is 18.2 Å². The van der Waals surface area contributed by atoms with Crippen molar-refractivity contribution in [1.29, 1.82) is 0 Å². The number of carbonyl (C=O) groups excluding carboxylic acids is 1. The van der Waals surface area contributed by atoms with Crippen molar-refractivity contribution in [1.82, 2.24) is 5.32 Å². The van der Waals surface area contributed by atoms with E-state index in [4.69, 9.17) is 15.2 Å². The molecule has 0 unspecified atom stereocenters. The van der Waals surface area contributed by atoms with Crippen LogP contribution in [0.25, 0.3) is 0 Å². The number of amides is 1. The van der Waals surface area contributed by atoms with E-state index in [1.807, 2.05) is 32.0 Å². The van der Waals surface area contributed by atoms with E-state index >= 15 is 0 Å². The summed E-state index contributed by atoms with van der Waals surface area (Å²) in [6, 6.07) is 5.26. The maximum absolute atomic E-state index is 11.7. The van der Waals surface area contributed by atoms with Gasteiger partial charge in [-0.25, -0.2) is 0 Å². The van der Waals surface area contributed by atoms with Gasteiger partial charge in [-0.05, 0) is 30.0 Å². The summed E-state index contributed by atoms with van der Waals surface area (Å²) in [4.78, 5) is 11.7. The van der Waals surface area contributed by atoms with Gasteiger partial charge in [0.1, 0.15) is 0 Å². The van der Waals surface area contributed by atoms with E-state index in [-0.39, 0.29) is 24.2 Å². The molecular weight excluding hydrogens is 292 g/mol. The third-order valence-electron chi connectivity index (χ3n) is 3.18. The Morgan fingerprint density at radius 3 is 2.38 bits per heavy atom. The summed E-state index contributed by atoms with van der Waals surface area (Å²) < 4.78 is 10.4. The second kappa shape index (κ2) is 9.47. The molecule has 0 bridgehead atoms. The molecule has 1 aromatic rings. The molecular formula is C15H25ClN2O3. The Morgan fingerprint density at radius 2 is 1.86 bits per heavy atom. The summed E-state index contributed by atoms with van der Waals surface area (Å²) in [6.45, 7) is 4.41. The molecule has 0 radical (unpaired) electrons. The van der Waals surface area contributed by atoms with E-state index in [0.29, 0.717) is 18.0 Å². The third kappa shape index (κ3) is 5.81. The SMILES string of the molecule is COc1ccc(CCNC(=O)[C@H](N)C(C)C)cc1OC.Cl. The van der Waals surface area contributed by atoms with Crippen molar-refractivity contribution in [3.05, 3.63) is 23.8 Å². The largest absolute Gasteiger partial charge is 0.493 e. The van der Waals surface area contributed by atoms with Crippen molar-refractivity contribution in [3.8, 4) is 11.5 Å². The predicted molar refractivity (Wildman–Crippen MR) is 86.3 cm³/mol. The predicted octanol–water partition coefficient (Wildman–Crippen LogP) is 1.77. The number of hydrogen-bond donors (Lipinski definition) is 2. The minimum atomic E-state index is -0.458. The summed E-state index contributed by atoms with van der Waals surface area (Å²) in [5.41, 5.74) is 6.84. The van der Waals surface area contributed by atoms with Gasteiger partial charge in [-0.3, -0.25) is 4.79 Å². The van der Waals surface area contributed by atoms with E-state index in [9.17, 15) is 4.79 Å². The number of rotatable bonds is 7. The molecule has 21 heavy (non-hydrogen) atoms. The van der Waals surface area contributed by atoms with Gasteiger partial charge in [-0.1, -0.05) is 19.9 Å². The van der Waals surface area contributed by atoms with Crippen LogP contribution >= 0.6 is 12.4 Å². The van der Waals surface area contributed by atoms with Gasteiger partial charge in [0.05, 0.1) is 20.3 Å². The zero-order valence-electron chi connectivity index (χ0n) is 13.0. The quantitative estimate of drug-likeness (QED) is 0.804. The number of nitrogens with two attached hydrogens (primary N) is 1. The topological polar surface area (TPSA) is 73.6 Å². The molecule has 1 rings (SSSR count). The zero-order valence-corrected chi connectivity index (χ0v) is 13.8. The average Bonchev–Trinajstić information content (AvgIpc) is 2.45. The highest BCUT2D eigenvalue weighted by Gasteiger charge is 2.16. The van der Waals surface area contributed by atoms with Gasteiger partial charge in [0.15, 0.2) is 11.5 Å². The van der Waals surface area contributed by atoms with Crippen LogP contribution in [0.4, 0.5) is 0 Å². The second-order valence-electron chi connectivity index (χ2n) is 5.00. The summed E-state index contributed by atoms with van der Waals surface area (Å²) in [6.07, 6.45) is 0.719. The van der Waals surface area contributed by atoms with Gasteiger partial charge in [0, 0.05) is 6.54 Å². The van der Waals surface area contributed by atoms with Crippen LogP contribution in [-0.4, -0.2) is 32.7 Å². The fourth-order valence-electron chi connectivity index (χ4n) is 1.79. The molecule has 6 heteroatoms. The average molecular weight is 317 g/mol. The van der Waals surface area contributed by atoms with Gasteiger partial charge >= 0.3 is 0 Å². The van der Waals surface area contributed by atoms with E-state index < -0.39 is 6.04 Å². The van der Waals surface area contributed by atoms with Gasteiger partial charge < -0.3 is 20.5 Å². The van der Waals surface area contributed by atoms with Crippen LogP contribution in [0.2, 0.25) is 0 Å². The lowest BCUT2D eigenvalue weighted by atomic mass is 10.0. The molecule has 0 aliphatic heterocycles. The number of hydrogen-bond acceptors (Lipinski definition) is 4. The monoisotopic (exact) mass is 316 g/mol.